The van der Waals surface area contributed by atoms with Gasteiger partial charge in [0.05, 0.1) is 26.4 Å². The van der Waals surface area contributed by atoms with Gasteiger partial charge >= 0.3 is 0 Å². The maximum absolute atomic E-state index is 12.7. The highest BCUT2D eigenvalue weighted by molar-refractivity contribution is 5.78. The van der Waals surface area contributed by atoms with Gasteiger partial charge in [-0.15, -0.1) is 0 Å². The number of rotatable bonds is 3. The molecule has 0 aromatic rings. The average Bonchev–Trinajstić information content (AvgIpc) is 2.87. The first-order valence-corrected chi connectivity index (χ1v) is 8.93. The SMILES string of the molecule is CC(=O)N1CC[C@H]2[C@H](C1)C[C@](C)(CO)N2CC(=O)N1CCOCC1. The van der Waals surface area contributed by atoms with Crippen molar-refractivity contribution in [1.82, 2.24) is 14.7 Å². The molecule has 7 heteroatoms. The lowest BCUT2D eigenvalue weighted by atomic mass is 9.89. The maximum Gasteiger partial charge on any atom is 0.236 e. The van der Waals surface area contributed by atoms with Crippen LogP contribution >= 0.6 is 0 Å². The van der Waals surface area contributed by atoms with Crippen LogP contribution in [-0.2, 0) is 14.3 Å². The molecule has 0 aliphatic carbocycles. The van der Waals surface area contributed by atoms with Crippen LogP contribution in [0.4, 0.5) is 0 Å². The molecule has 3 saturated heterocycles. The summed E-state index contributed by atoms with van der Waals surface area (Å²) in [5.74, 6) is 0.562. The van der Waals surface area contributed by atoms with Gasteiger partial charge in [-0.05, 0) is 25.7 Å². The Hall–Kier alpha value is -1.18. The number of carbonyl (C=O) groups excluding carboxylic acids is 2. The molecule has 0 spiro atoms. The standard InChI is InChI=1S/C17H29N3O4/c1-13(22)19-4-3-15-14(10-19)9-17(2,12-21)20(15)11-16(23)18-5-7-24-8-6-18/h14-15,21H,3-12H2,1-2H3/t14-,15-,17+/m0/s1. The molecule has 3 atom stereocenters. The van der Waals surface area contributed by atoms with E-state index in [0.717, 1.165) is 25.9 Å². The minimum atomic E-state index is -0.385. The second-order valence-electron chi connectivity index (χ2n) is 7.56. The highest BCUT2D eigenvalue weighted by Crippen LogP contribution is 2.41. The number of ether oxygens (including phenoxy) is 1. The van der Waals surface area contributed by atoms with E-state index in [2.05, 4.69) is 4.90 Å². The van der Waals surface area contributed by atoms with Crippen molar-refractivity contribution in [3.8, 4) is 0 Å². The second kappa shape index (κ2) is 6.98. The largest absolute Gasteiger partial charge is 0.394 e. The number of amides is 2. The van der Waals surface area contributed by atoms with Crippen LogP contribution in [0.5, 0.6) is 0 Å². The van der Waals surface area contributed by atoms with Gasteiger partial charge in [0.25, 0.3) is 0 Å². The first-order chi connectivity index (χ1) is 11.4. The molecule has 3 heterocycles. The van der Waals surface area contributed by atoms with Crippen molar-refractivity contribution in [2.24, 2.45) is 5.92 Å². The Balaban J connectivity index is 1.70. The number of hydrogen-bond donors (Lipinski definition) is 1. The summed E-state index contributed by atoms with van der Waals surface area (Å²) in [6.45, 7) is 8.00. The highest BCUT2D eigenvalue weighted by atomic mass is 16.5. The van der Waals surface area contributed by atoms with Gasteiger partial charge in [0, 0.05) is 44.7 Å². The Morgan fingerprint density at radius 2 is 1.92 bits per heavy atom. The predicted molar refractivity (Wildman–Crippen MR) is 88.4 cm³/mol. The third-order valence-electron chi connectivity index (χ3n) is 5.94. The number of carbonyl (C=O) groups is 2. The third kappa shape index (κ3) is 3.30. The van der Waals surface area contributed by atoms with E-state index in [-0.39, 0.29) is 30.0 Å². The molecule has 0 radical (unpaired) electrons. The zero-order valence-corrected chi connectivity index (χ0v) is 14.7. The summed E-state index contributed by atoms with van der Waals surface area (Å²) in [5, 5.41) is 9.97. The van der Waals surface area contributed by atoms with Gasteiger partial charge in [0.2, 0.25) is 11.8 Å². The highest BCUT2D eigenvalue weighted by Gasteiger charge is 2.51. The molecule has 3 aliphatic heterocycles. The monoisotopic (exact) mass is 339 g/mol. The van der Waals surface area contributed by atoms with Gasteiger partial charge in [0.1, 0.15) is 0 Å². The first kappa shape index (κ1) is 17.6. The molecule has 24 heavy (non-hydrogen) atoms. The van der Waals surface area contributed by atoms with E-state index >= 15 is 0 Å². The molecule has 7 nitrogen and oxygen atoms in total. The van der Waals surface area contributed by atoms with Gasteiger partial charge in [-0.2, -0.15) is 0 Å². The Labute approximate surface area is 143 Å². The van der Waals surface area contributed by atoms with E-state index in [9.17, 15) is 14.7 Å². The summed E-state index contributed by atoms with van der Waals surface area (Å²) in [7, 11) is 0. The zero-order valence-electron chi connectivity index (χ0n) is 14.7. The maximum atomic E-state index is 12.7. The normalized spacial score (nSPS) is 34.3. The van der Waals surface area contributed by atoms with Gasteiger partial charge in [-0.1, -0.05) is 0 Å². The number of piperidine rings is 1. The molecule has 0 saturated carbocycles. The van der Waals surface area contributed by atoms with Gasteiger partial charge in [0.15, 0.2) is 0 Å². The van der Waals surface area contributed by atoms with Crippen molar-refractivity contribution in [2.75, 3.05) is 52.5 Å². The van der Waals surface area contributed by atoms with Crippen LogP contribution in [0.1, 0.15) is 26.7 Å². The van der Waals surface area contributed by atoms with Crippen LogP contribution in [0, 0.1) is 5.92 Å². The topological polar surface area (TPSA) is 73.3 Å². The zero-order chi connectivity index (χ0) is 17.3. The van der Waals surface area contributed by atoms with Crippen molar-refractivity contribution < 1.29 is 19.4 Å². The molecule has 136 valence electrons. The average molecular weight is 339 g/mol. The summed E-state index contributed by atoms with van der Waals surface area (Å²) in [4.78, 5) is 30.3. The lowest BCUT2D eigenvalue weighted by molar-refractivity contribution is -0.139. The van der Waals surface area contributed by atoms with Crippen LogP contribution in [-0.4, -0.2) is 95.7 Å². The van der Waals surface area contributed by atoms with Crippen LogP contribution < -0.4 is 0 Å². The number of hydrogen-bond acceptors (Lipinski definition) is 5. The lowest BCUT2D eigenvalue weighted by Crippen LogP contribution is -2.55. The third-order valence-corrected chi connectivity index (χ3v) is 5.94. The number of aliphatic hydroxyl groups excluding tert-OH is 1. The van der Waals surface area contributed by atoms with E-state index in [1.807, 2.05) is 16.7 Å². The van der Waals surface area contributed by atoms with Crippen LogP contribution in [0.25, 0.3) is 0 Å². The van der Waals surface area contributed by atoms with Crippen LogP contribution in [0.2, 0.25) is 0 Å². The molecule has 2 amide bonds. The number of nitrogens with zero attached hydrogens (tertiary/aromatic N) is 3. The van der Waals surface area contributed by atoms with Gasteiger partial charge in [-0.3, -0.25) is 14.5 Å². The predicted octanol–water partition coefficient (Wildman–Crippen LogP) is -0.461. The summed E-state index contributed by atoms with van der Waals surface area (Å²) in [6, 6.07) is 0.266. The van der Waals surface area contributed by atoms with Crippen molar-refractivity contribution >= 4 is 11.8 Å². The van der Waals surface area contributed by atoms with E-state index < -0.39 is 0 Å². The van der Waals surface area contributed by atoms with Crippen molar-refractivity contribution in [2.45, 2.75) is 38.3 Å². The van der Waals surface area contributed by atoms with Gasteiger partial charge in [-0.25, -0.2) is 0 Å². The van der Waals surface area contributed by atoms with Crippen LogP contribution in [0.3, 0.4) is 0 Å². The first-order valence-electron chi connectivity index (χ1n) is 8.93. The summed E-state index contributed by atoms with van der Waals surface area (Å²) < 4.78 is 5.32. The molecule has 3 fully saturated rings. The Bertz CT molecular complexity index is 494. The van der Waals surface area contributed by atoms with E-state index in [1.54, 1.807) is 6.92 Å². The number of morpholine rings is 1. The Morgan fingerprint density at radius 3 is 2.54 bits per heavy atom. The van der Waals surface area contributed by atoms with Crippen molar-refractivity contribution in [3.05, 3.63) is 0 Å². The Kier molecular flexibility index (Phi) is 5.13. The molecule has 0 aromatic carbocycles. The van der Waals surface area contributed by atoms with Crippen LogP contribution in [0.15, 0.2) is 0 Å². The number of likely N-dealkylation sites (tertiary alicyclic amines) is 2. The van der Waals surface area contributed by atoms with E-state index in [0.29, 0.717) is 38.8 Å². The van der Waals surface area contributed by atoms with Crippen molar-refractivity contribution in [1.29, 1.82) is 0 Å². The number of fused-ring (bicyclic) bond motifs is 1. The molecule has 0 aromatic heterocycles. The fourth-order valence-electron chi connectivity index (χ4n) is 4.52. The van der Waals surface area contributed by atoms with E-state index in [1.165, 1.54) is 0 Å². The fraction of sp³-hybridized carbons (Fsp3) is 0.882. The molecule has 3 rings (SSSR count). The summed E-state index contributed by atoms with van der Waals surface area (Å²) >= 11 is 0. The minimum absolute atomic E-state index is 0.0382. The van der Waals surface area contributed by atoms with E-state index in [4.69, 9.17) is 4.74 Å². The quantitative estimate of drug-likeness (QED) is 0.753. The summed E-state index contributed by atoms with van der Waals surface area (Å²) in [5.41, 5.74) is -0.385. The minimum Gasteiger partial charge on any atom is -0.394 e. The summed E-state index contributed by atoms with van der Waals surface area (Å²) in [6.07, 6.45) is 1.70. The number of aliphatic hydroxyl groups is 1. The van der Waals surface area contributed by atoms with Gasteiger partial charge < -0.3 is 19.6 Å². The van der Waals surface area contributed by atoms with Crippen molar-refractivity contribution in [3.63, 3.8) is 0 Å². The smallest absolute Gasteiger partial charge is 0.236 e. The molecular weight excluding hydrogens is 310 g/mol. The molecule has 0 unspecified atom stereocenters. The Morgan fingerprint density at radius 1 is 1.21 bits per heavy atom. The molecule has 3 aliphatic rings. The molecule has 1 N–H and O–H groups in total. The molecular formula is C17H29N3O4. The second-order valence-corrected chi connectivity index (χ2v) is 7.56. The fourth-order valence-corrected chi connectivity index (χ4v) is 4.52. The lowest BCUT2D eigenvalue weighted by Gasteiger charge is -2.41. The molecule has 0 bridgehead atoms.